The van der Waals surface area contributed by atoms with E-state index < -0.39 is 5.54 Å². The summed E-state index contributed by atoms with van der Waals surface area (Å²) in [6, 6.07) is 5.64. The maximum absolute atomic E-state index is 12.5. The minimum Gasteiger partial charge on any atom is -0.497 e. The van der Waals surface area contributed by atoms with Gasteiger partial charge in [0.1, 0.15) is 11.3 Å². The minimum atomic E-state index is -0.876. The molecule has 0 radical (unpaired) electrons. The van der Waals surface area contributed by atoms with Gasteiger partial charge in [-0.3, -0.25) is 9.59 Å². The quantitative estimate of drug-likeness (QED) is 0.903. The second kappa shape index (κ2) is 6.05. The highest BCUT2D eigenvalue weighted by Gasteiger charge is 2.36. The Morgan fingerprint density at radius 3 is 2.76 bits per heavy atom. The van der Waals surface area contributed by atoms with Gasteiger partial charge in [0.05, 0.1) is 7.11 Å². The zero-order valence-corrected chi connectivity index (χ0v) is 14.0. The smallest absolute Gasteiger partial charge is 0.248 e. The van der Waals surface area contributed by atoms with E-state index in [1.807, 2.05) is 18.2 Å². The first-order valence-electron chi connectivity index (χ1n) is 6.76. The SMILES string of the molecule is COc1ccc(Br)c(CN2CCC(=O)NC(C)(C)C2=O)c1. The van der Waals surface area contributed by atoms with Crippen LogP contribution in [0.1, 0.15) is 25.8 Å². The van der Waals surface area contributed by atoms with Crippen molar-refractivity contribution in [1.29, 1.82) is 0 Å². The van der Waals surface area contributed by atoms with Crippen molar-refractivity contribution in [3.05, 3.63) is 28.2 Å². The van der Waals surface area contributed by atoms with E-state index in [1.54, 1.807) is 25.9 Å². The molecule has 0 atom stereocenters. The average Bonchev–Trinajstić information content (AvgIpc) is 2.52. The molecule has 0 aliphatic carbocycles. The van der Waals surface area contributed by atoms with Gasteiger partial charge in [-0.1, -0.05) is 15.9 Å². The summed E-state index contributed by atoms with van der Waals surface area (Å²) in [7, 11) is 1.61. The molecule has 1 fully saturated rings. The van der Waals surface area contributed by atoms with E-state index in [1.165, 1.54) is 0 Å². The summed E-state index contributed by atoms with van der Waals surface area (Å²) >= 11 is 3.49. The van der Waals surface area contributed by atoms with Gasteiger partial charge in [0.15, 0.2) is 0 Å². The van der Waals surface area contributed by atoms with Crippen molar-refractivity contribution in [2.24, 2.45) is 0 Å². The van der Waals surface area contributed by atoms with Crippen LogP contribution < -0.4 is 10.1 Å². The maximum Gasteiger partial charge on any atom is 0.248 e. The Labute approximate surface area is 132 Å². The fraction of sp³-hybridized carbons (Fsp3) is 0.467. The number of carbonyl (C=O) groups excluding carboxylic acids is 2. The molecule has 21 heavy (non-hydrogen) atoms. The summed E-state index contributed by atoms with van der Waals surface area (Å²) in [4.78, 5) is 25.9. The van der Waals surface area contributed by atoms with Crippen LogP contribution in [0.2, 0.25) is 0 Å². The van der Waals surface area contributed by atoms with Crippen LogP contribution in [0.5, 0.6) is 5.75 Å². The van der Waals surface area contributed by atoms with E-state index in [2.05, 4.69) is 21.2 Å². The van der Waals surface area contributed by atoms with Gasteiger partial charge < -0.3 is 15.0 Å². The van der Waals surface area contributed by atoms with Crippen LogP contribution in [0.15, 0.2) is 22.7 Å². The molecule has 6 heteroatoms. The molecule has 5 nitrogen and oxygen atoms in total. The standard InChI is InChI=1S/C15H19BrN2O3/c1-15(2)14(20)18(7-6-13(19)17-15)9-10-8-11(21-3)4-5-12(10)16/h4-5,8H,6-7,9H2,1-3H3,(H,17,19). The third-order valence-electron chi connectivity index (χ3n) is 3.50. The van der Waals surface area contributed by atoms with Crippen LogP contribution in [-0.4, -0.2) is 35.9 Å². The first kappa shape index (κ1) is 15.8. The number of rotatable bonds is 3. The summed E-state index contributed by atoms with van der Waals surface area (Å²) in [6.07, 6.45) is 0.316. The molecule has 1 N–H and O–H groups in total. The highest BCUT2D eigenvalue weighted by atomic mass is 79.9. The lowest BCUT2D eigenvalue weighted by Crippen LogP contribution is -2.52. The van der Waals surface area contributed by atoms with E-state index in [-0.39, 0.29) is 11.8 Å². The second-order valence-electron chi connectivity index (χ2n) is 5.61. The maximum atomic E-state index is 12.5. The van der Waals surface area contributed by atoms with Gasteiger partial charge in [0.2, 0.25) is 11.8 Å². The molecule has 1 heterocycles. The van der Waals surface area contributed by atoms with Crippen LogP contribution >= 0.6 is 15.9 Å². The Morgan fingerprint density at radius 2 is 2.10 bits per heavy atom. The number of hydrogen-bond acceptors (Lipinski definition) is 3. The van der Waals surface area contributed by atoms with Crippen molar-refractivity contribution in [2.45, 2.75) is 32.4 Å². The largest absolute Gasteiger partial charge is 0.497 e. The fourth-order valence-electron chi connectivity index (χ4n) is 2.35. The fourth-order valence-corrected chi connectivity index (χ4v) is 2.73. The van der Waals surface area contributed by atoms with Gasteiger partial charge in [-0.2, -0.15) is 0 Å². The molecule has 1 saturated heterocycles. The molecule has 0 bridgehead atoms. The van der Waals surface area contributed by atoms with Crippen molar-refractivity contribution in [1.82, 2.24) is 10.2 Å². The molecule has 0 saturated carbocycles. The summed E-state index contributed by atoms with van der Waals surface area (Å²) < 4.78 is 6.13. The van der Waals surface area contributed by atoms with Crippen LogP contribution in [0.4, 0.5) is 0 Å². The summed E-state index contributed by atoms with van der Waals surface area (Å²) in [6.45, 7) is 4.31. The van der Waals surface area contributed by atoms with Gasteiger partial charge in [0.25, 0.3) is 0 Å². The van der Waals surface area contributed by atoms with Crippen LogP contribution in [0.3, 0.4) is 0 Å². The van der Waals surface area contributed by atoms with Crippen LogP contribution in [0.25, 0.3) is 0 Å². The normalized spacial score (nSPS) is 18.2. The van der Waals surface area contributed by atoms with Crippen molar-refractivity contribution in [2.75, 3.05) is 13.7 Å². The Bertz CT molecular complexity index is 572. The minimum absolute atomic E-state index is 0.0805. The van der Waals surface area contributed by atoms with Gasteiger partial charge >= 0.3 is 0 Å². The molecular weight excluding hydrogens is 336 g/mol. The second-order valence-corrected chi connectivity index (χ2v) is 6.46. The number of nitrogens with zero attached hydrogens (tertiary/aromatic N) is 1. The summed E-state index contributed by atoms with van der Waals surface area (Å²) in [5.74, 6) is 0.563. The number of hydrogen-bond donors (Lipinski definition) is 1. The predicted molar refractivity (Wildman–Crippen MR) is 82.9 cm³/mol. The van der Waals surface area contributed by atoms with Crippen molar-refractivity contribution >= 4 is 27.7 Å². The van der Waals surface area contributed by atoms with Gasteiger partial charge in [-0.05, 0) is 37.6 Å². The molecule has 1 aromatic carbocycles. The number of carbonyl (C=O) groups is 2. The number of amides is 2. The van der Waals surface area contributed by atoms with E-state index >= 15 is 0 Å². The van der Waals surface area contributed by atoms with E-state index in [0.717, 1.165) is 15.8 Å². The molecule has 1 aliphatic rings. The molecule has 0 unspecified atom stereocenters. The average molecular weight is 355 g/mol. The Balaban J connectivity index is 2.25. The third kappa shape index (κ3) is 3.56. The van der Waals surface area contributed by atoms with Crippen molar-refractivity contribution in [3.63, 3.8) is 0 Å². The highest BCUT2D eigenvalue weighted by molar-refractivity contribution is 9.10. The molecule has 1 aromatic rings. The lowest BCUT2D eigenvalue weighted by Gasteiger charge is -2.29. The highest BCUT2D eigenvalue weighted by Crippen LogP contribution is 2.25. The van der Waals surface area contributed by atoms with E-state index in [4.69, 9.17) is 4.74 Å². The molecule has 0 aromatic heterocycles. The van der Waals surface area contributed by atoms with Crippen LogP contribution in [-0.2, 0) is 16.1 Å². The molecular formula is C15H19BrN2O3. The number of ether oxygens (including phenoxy) is 1. The van der Waals surface area contributed by atoms with Gasteiger partial charge in [-0.25, -0.2) is 0 Å². The third-order valence-corrected chi connectivity index (χ3v) is 4.27. The number of halogens is 1. The monoisotopic (exact) mass is 354 g/mol. The molecule has 2 amide bonds. The van der Waals surface area contributed by atoms with Crippen molar-refractivity contribution < 1.29 is 14.3 Å². The molecule has 114 valence electrons. The summed E-state index contributed by atoms with van der Waals surface area (Å²) in [5, 5.41) is 2.75. The Morgan fingerprint density at radius 1 is 1.38 bits per heavy atom. The Hall–Kier alpha value is -1.56. The first-order chi connectivity index (χ1) is 9.83. The Kier molecular flexibility index (Phi) is 4.56. The zero-order chi connectivity index (χ0) is 15.6. The van der Waals surface area contributed by atoms with E-state index in [0.29, 0.717) is 19.5 Å². The predicted octanol–water partition coefficient (Wildman–Crippen LogP) is 2.08. The molecule has 0 spiro atoms. The lowest BCUT2D eigenvalue weighted by atomic mass is 10.0. The van der Waals surface area contributed by atoms with Crippen LogP contribution in [0, 0.1) is 0 Å². The number of methoxy groups -OCH3 is 1. The topological polar surface area (TPSA) is 58.6 Å². The van der Waals surface area contributed by atoms with E-state index in [9.17, 15) is 9.59 Å². The lowest BCUT2D eigenvalue weighted by molar-refractivity contribution is -0.137. The first-order valence-corrected chi connectivity index (χ1v) is 7.55. The number of nitrogens with one attached hydrogen (secondary N) is 1. The van der Waals surface area contributed by atoms with Gasteiger partial charge in [0, 0.05) is 24.0 Å². The molecule has 1 aliphatic heterocycles. The number of benzene rings is 1. The van der Waals surface area contributed by atoms with Crippen molar-refractivity contribution in [3.8, 4) is 5.75 Å². The van der Waals surface area contributed by atoms with Gasteiger partial charge in [-0.15, -0.1) is 0 Å². The molecule has 2 rings (SSSR count). The zero-order valence-electron chi connectivity index (χ0n) is 12.4. The summed E-state index contributed by atoms with van der Waals surface area (Å²) in [5.41, 5.74) is 0.0756.